The summed E-state index contributed by atoms with van der Waals surface area (Å²) in [6, 6.07) is 6.56. The maximum Gasteiger partial charge on any atom is 0.319 e. The summed E-state index contributed by atoms with van der Waals surface area (Å²) in [7, 11) is 3.34. The lowest BCUT2D eigenvalue weighted by Crippen LogP contribution is -2.39. The third-order valence-corrected chi connectivity index (χ3v) is 3.48. The maximum absolute atomic E-state index is 12.0. The Labute approximate surface area is 140 Å². The molecule has 0 bridgehead atoms. The number of primary amides is 1. The van der Waals surface area contributed by atoms with Crippen molar-refractivity contribution in [1.29, 1.82) is 0 Å². The third kappa shape index (κ3) is 5.01. The largest absolute Gasteiger partial charge is 0.497 e. The number of benzene rings is 1. The van der Waals surface area contributed by atoms with E-state index < -0.39 is 17.9 Å². The summed E-state index contributed by atoms with van der Waals surface area (Å²) in [5.41, 5.74) is 6.89. The summed E-state index contributed by atoms with van der Waals surface area (Å²) < 4.78 is 6.74. The Morgan fingerprint density at radius 3 is 2.83 bits per heavy atom. The number of carbonyl (C=O) groups excluding carboxylic acids is 2. The number of hydrogen-bond donors (Lipinski definition) is 3. The standard InChI is InChI=1S/C16H21N5O3/c1-21-10-11(8-19-21)6-12(15(17)22)9-18-16(23)20-13-4-3-5-14(7-13)24-2/h3-5,7-8,10,12H,6,9H2,1-2H3,(H2,17,22)(H2,18,20,23)/t12-/m0/s1. The van der Waals surface area contributed by atoms with Gasteiger partial charge in [0.15, 0.2) is 0 Å². The lowest BCUT2D eigenvalue weighted by atomic mass is 10.0. The molecule has 4 N–H and O–H groups in total. The van der Waals surface area contributed by atoms with Crippen LogP contribution in [0.15, 0.2) is 36.7 Å². The van der Waals surface area contributed by atoms with E-state index in [0.717, 1.165) is 5.56 Å². The van der Waals surface area contributed by atoms with E-state index in [1.54, 1.807) is 49.3 Å². The third-order valence-electron chi connectivity index (χ3n) is 3.48. The smallest absolute Gasteiger partial charge is 0.319 e. The van der Waals surface area contributed by atoms with E-state index in [1.165, 1.54) is 0 Å². The Morgan fingerprint density at radius 2 is 2.21 bits per heavy atom. The summed E-state index contributed by atoms with van der Waals surface area (Å²) >= 11 is 0. The topological polar surface area (TPSA) is 111 Å². The van der Waals surface area contributed by atoms with E-state index in [0.29, 0.717) is 17.9 Å². The van der Waals surface area contributed by atoms with Crippen molar-refractivity contribution in [3.63, 3.8) is 0 Å². The Morgan fingerprint density at radius 1 is 1.42 bits per heavy atom. The second kappa shape index (κ2) is 8.00. The molecule has 0 aliphatic heterocycles. The Kier molecular flexibility index (Phi) is 5.78. The number of nitrogens with one attached hydrogen (secondary N) is 2. The monoisotopic (exact) mass is 331 g/mol. The maximum atomic E-state index is 12.0. The Bertz CT molecular complexity index is 713. The molecule has 0 aliphatic rings. The number of aromatic nitrogens is 2. The van der Waals surface area contributed by atoms with Crippen LogP contribution >= 0.6 is 0 Å². The van der Waals surface area contributed by atoms with Crippen molar-refractivity contribution in [3.05, 3.63) is 42.2 Å². The minimum Gasteiger partial charge on any atom is -0.497 e. The van der Waals surface area contributed by atoms with Crippen LogP contribution in [0, 0.1) is 5.92 Å². The molecular weight excluding hydrogens is 310 g/mol. The van der Waals surface area contributed by atoms with Gasteiger partial charge in [-0.15, -0.1) is 0 Å². The normalized spacial score (nSPS) is 11.6. The Hall–Kier alpha value is -3.03. The van der Waals surface area contributed by atoms with Crippen LogP contribution in [-0.2, 0) is 18.3 Å². The Balaban J connectivity index is 1.88. The molecule has 0 aliphatic carbocycles. The van der Waals surface area contributed by atoms with Crippen molar-refractivity contribution >= 4 is 17.6 Å². The van der Waals surface area contributed by atoms with Crippen LogP contribution in [0.5, 0.6) is 5.75 Å². The first kappa shape index (κ1) is 17.3. The van der Waals surface area contributed by atoms with Gasteiger partial charge in [0, 0.05) is 31.5 Å². The number of anilines is 1. The van der Waals surface area contributed by atoms with Crippen LogP contribution in [0.4, 0.5) is 10.5 Å². The number of urea groups is 1. The highest BCUT2D eigenvalue weighted by atomic mass is 16.5. The zero-order chi connectivity index (χ0) is 17.5. The van der Waals surface area contributed by atoms with Crippen LogP contribution in [0.2, 0.25) is 0 Å². The predicted octanol–water partition coefficient (Wildman–Crippen LogP) is 0.894. The van der Waals surface area contributed by atoms with Crippen molar-refractivity contribution in [2.75, 3.05) is 19.0 Å². The molecule has 128 valence electrons. The van der Waals surface area contributed by atoms with Gasteiger partial charge in [-0.2, -0.15) is 5.10 Å². The molecule has 1 aromatic carbocycles. The zero-order valence-corrected chi connectivity index (χ0v) is 13.7. The molecule has 2 aromatic rings. The molecule has 8 heteroatoms. The van der Waals surface area contributed by atoms with Gasteiger partial charge in [0.25, 0.3) is 0 Å². The molecule has 1 atom stereocenters. The SMILES string of the molecule is COc1cccc(NC(=O)NC[C@H](Cc2cnn(C)c2)C(N)=O)c1. The number of rotatable bonds is 7. The average Bonchev–Trinajstić information content (AvgIpc) is 2.96. The highest BCUT2D eigenvalue weighted by molar-refractivity contribution is 5.89. The first-order valence-electron chi connectivity index (χ1n) is 7.43. The number of nitrogens with zero attached hydrogens (tertiary/aromatic N) is 2. The molecule has 0 saturated carbocycles. The number of amides is 3. The number of aryl methyl sites for hydroxylation is 1. The van der Waals surface area contributed by atoms with Crippen LogP contribution in [0.25, 0.3) is 0 Å². The second-order valence-corrected chi connectivity index (χ2v) is 5.39. The summed E-state index contributed by atoms with van der Waals surface area (Å²) in [4.78, 5) is 23.5. The van der Waals surface area contributed by atoms with Crippen LogP contribution in [0.3, 0.4) is 0 Å². The van der Waals surface area contributed by atoms with Gasteiger partial charge in [-0.25, -0.2) is 4.79 Å². The minimum absolute atomic E-state index is 0.139. The van der Waals surface area contributed by atoms with E-state index in [1.807, 2.05) is 6.20 Å². The molecule has 1 aromatic heterocycles. The highest BCUT2D eigenvalue weighted by Crippen LogP contribution is 2.16. The fourth-order valence-electron chi connectivity index (χ4n) is 2.23. The van der Waals surface area contributed by atoms with Gasteiger partial charge in [-0.3, -0.25) is 9.48 Å². The number of methoxy groups -OCH3 is 1. The summed E-state index contributed by atoms with van der Waals surface area (Å²) in [5.74, 6) is -0.342. The molecule has 24 heavy (non-hydrogen) atoms. The van der Waals surface area contributed by atoms with Gasteiger partial charge in [-0.1, -0.05) is 6.07 Å². The minimum atomic E-state index is -0.509. The van der Waals surface area contributed by atoms with Crippen molar-refractivity contribution in [2.45, 2.75) is 6.42 Å². The first-order valence-corrected chi connectivity index (χ1v) is 7.43. The molecule has 0 unspecified atom stereocenters. The second-order valence-electron chi connectivity index (χ2n) is 5.39. The first-order chi connectivity index (χ1) is 11.5. The van der Waals surface area contributed by atoms with Crippen molar-refractivity contribution in [3.8, 4) is 5.75 Å². The van der Waals surface area contributed by atoms with E-state index in [9.17, 15) is 9.59 Å². The van der Waals surface area contributed by atoms with Crippen LogP contribution < -0.4 is 21.1 Å². The van der Waals surface area contributed by atoms with Gasteiger partial charge in [0.2, 0.25) is 5.91 Å². The fourth-order valence-corrected chi connectivity index (χ4v) is 2.23. The summed E-state index contributed by atoms with van der Waals surface area (Å²) in [5, 5.41) is 9.39. The molecule has 0 saturated heterocycles. The lowest BCUT2D eigenvalue weighted by molar-refractivity contribution is -0.121. The molecule has 0 fully saturated rings. The highest BCUT2D eigenvalue weighted by Gasteiger charge is 2.18. The van der Waals surface area contributed by atoms with Crippen LogP contribution in [-0.4, -0.2) is 35.4 Å². The van der Waals surface area contributed by atoms with Crippen molar-refractivity contribution in [1.82, 2.24) is 15.1 Å². The molecule has 2 rings (SSSR count). The fraction of sp³-hybridized carbons (Fsp3) is 0.312. The number of ether oxygens (including phenoxy) is 1. The van der Waals surface area contributed by atoms with Crippen molar-refractivity contribution < 1.29 is 14.3 Å². The number of nitrogens with two attached hydrogens (primary N) is 1. The van der Waals surface area contributed by atoms with Gasteiger partial charge in [0.05, 0.1) is 19.2 Å². The number of hydrogen-bond acceptors (Lipinski definition) is 4. The molecular formula is C16H21N5O3. The van der Waals surface area contributed by atoms with Crippen LogP contribution in [0.1, 0.15) is 5.56 Å². The quantitative estimate of drug-likeness (QED) is 0.699. The molecule has 0 spiro atoms. The zero-order valence-electron chi connectivity index (χ0n) is 13.7. The predicted molar refractivity (Wildman–Crippen MR) is 89.6 cm³/mol. The van der Waals surface area contributed by atoms with Gasteiger partial charge in [0.1, 0.15) is 5.75 Å². The molecule has 0 radical (unpaired) electrons. The van der Waals surface area contributed by atoms with Gasteiger partial charge < -0.3 is 21.1 Å². The molecule has 8 nitrogen and oxygen atoms in total. The summed E-state index contributed by atoms with van der Waals surface area (Å²) in [6.45, 7) is 0.139. The molecule has 3 amide bonds. The molecule has 1 heterocycles. The summed E-state index contributed by atoms with van der Waals surface area (Å²) in [6.07, 6.45) is 3.90. The van der Waals surface area contributed by atoms with E-state index in [4.69, 9.17) is 10.5 Å². The van der Waals surface area contributed by atoms with Gasteiger partial charge >= 0.3 is 6.03 Å². The average molecular weight is 331 g/mol. The van der Waals surface area contributed by atoms with E-state index >= 15 is 0 Å². The van der Waals surface area contributed by atoms with E-state index in [-0.39, 0.29) is 6.54 Å². The van der Waals surface area contributed by atoms with Crippen molar-refractivity contribution in [2.24, 2.45) is 18.7 Å². The lowest BCUT2D eigenvalue weighted by Gasteiger charge is -2.14. The van der Waals surface area contributed by atoms with E-state index in [2.05, 4.69) is 15.7 Å². The van der Waals surface area contributed by atoms with Gasteiger partial charge in [-0.05, 0) is 24.1 Å². The number of carbonyl (C=O) groups is 2.